The van der Waals surface area contributed by atoms with Gasteiger partial charge in [-0.1, -0.05) is 0 Å². The summed E-state index contributed by atoms with van der Waals surface area (Å²) < 4.78 is 17.8. The standard InChI is InChI=1S/C11H16Br2O3/c1-6-8-5-15-9(4-10(12)13)7(8)3-11(14-2)16-6/h4,6-9,11H,3,5H2,1-2H3/t6-,7+,8-,9-,11?/m0/s1. The van der Waals surface area contributed by atoms with E-state index >= 15 is 0 Å². The first-order valence-corrected chi connectivity index (χ1v) is 7.03. The van der Waals surface area contributed by atoms with Crippen molar-refractivity contribution in [2.24, 2.45) is 11.8 Å². The molecule has 2 heterocycles. The average Bonchev–Trinajstić information content (AvgIpc) is 2.61. The quantitative estimate of drug-likeness (QED) is 0.762. The molecule has 3 nitrogen and oxygen atoms in total. The summed E-state index contributed by atoms with van der Waals surface area (Å²) in [5.41, 5.74) is 0. The average molecular weight is 356 g/mol. The minimum Gasteiger partial charge on any atom is -0.373 e. The van der Waals surface area contributed by atoms with Crippen molar-refractivity contribution in [2.75, 3.05) is 13.7 Å². The van der Waals surface area contributed by atoms with E-state index < -0.39 is 0 Å². The van der Waals surface area contributed by atoms with Crippen LogP contribution in [-0.2, 0) is 14.2 Å². The molecule has 5 atom stereocenters. The summed E-state index contributed by atoms with van der Waals surface area (Å²) in [5, 5.41) is 0. The van der Waals surface area contributed by atoms with Crippen LogP contribution in [0.5, 0.6) is 0 Å². The Balaban J connectivity index is 2.09. The van der Waals surface area contributed by atoms with Crippen LogP contribution in [-0.4, -0.2) is 32.2 Å². The normalized spacial score (nSPS) is 42.9. The van der Waals surface area contributed by atoms with E-state index in [1.807, 2.05) is 0 Å². The van der Waals surface area contributed by atoms with Gasteiger partial charge in [-0.3, -0.25) is 0 Å². The fraction of sp³-hybridized carbons (Fsp3) is 0.818. The van der Waals surface area contributed by atoms with Gasteiger partial charge in [0.2, 0.25) is 0 Å². The second-order valence-corrected chi connectivity index (χ2v) is 7.10. The summed E-state index contributed by atoms with van der Waals surface area (Å²) >= 11 is 6.77. The lowest BCUT2D eigenvalue weighted by Crippen LogP contribution is -2.41. The predicted molar refractivity (Wildman–Crippen MR) is 68.6 cm³/mol. The van der Waals surface area contributed by atoms with E-state index in [4.69, 9.17) is 14.2 Å². The Morgan fingerprint density at radius 3 is 2.75 bits per heavy atom. The van der Waals surface area contributed by atoms with Crippen molar-refractivity contribution in [3.8, 4) is 0 Å². The summed E-state index contributed by atoms with van der Waals surface area (Å²) in [4.78, 5) is 0. The Labute approximate surface area is 113 Å². The molecule has 0 bridgehead atoms. The van der Waals surface area contributed by atoms with Gasteiger partial charge in [0.15, 0.2) is 6.29 Å². The maximum absolute atomic E-state index is 5.80. The van der Waals surface area contributed by atoms with E-state index in [1.165, 1.54) is 0 Å². The number of fused-ring (bicyclic) bond motifs is 1. The number of hydrogen-bond donors (Lipinski definition) is 0. The first kappa shape index (κ1) is 13.0. The smallest absolute Gasteiger partial charge is 0.157 e. The van der Waals surface area contributed by atoms with Gasteiger partial charge in [-0.2, -0.15) is 0 Å². The Kier molecular flexibility index (Phi) is 4.46. The molecule has 0 radical (unpaired) electrons. The van der Waals surface area contributed by atoms with Crippen molar-refractivity contribution in [3.63, 3.8) is 0 Å². The molecule has 2 aliphatic heterocycles. The summed E-state index contributed by atoms with van der Waals surface area (Å²) in [6, 6.07) is 0. The van der Waals surface area contributed by atoms with E-state index in [-0.39, 0.29) is 18.5 Å². The summed E-state index contributed by atoms with van der Waals surface area (Å²) in [7, 11) is 1.69. The van der Waals surface area contributed by atoms with Gasteiger partial charge >= 0.3 is 0 Å². The van der Waals surface area contributed by atoms with E-state index in [1.54, 1.807) is 7.11 Å². The topological polar surface area (TPSA) is 27.7 Å². The highest BCUT2D eigenvalue weighted by Crippen LogP contribution is 2.40. The van der Waals surface area contributed by atoms with Crippen LogP contribution in [0, 0.1) is 11.8 Å². The molecule has 2 fully saturated rings. The zero-order valence-corrected chi connectivity index (χ0v) is 12.5. The maximum Gasteiger partial charge on any atom is 0.157 e. The fourth-order valence-corrected chi connectivity index (χ4v) is 3.09. The van der Waals surface area contributed by atoms with Crippen molar-refractivity contribution in [1.29, 1.82) is 0 Å². The molecule has 92 valence electrons. The van der Waals surface area contributed by atoms with Crippen LogP contribution in [0.4, 0.5) is 0 Å². The van der Waals surface area contributed by atoms with Crippen LogP contribution < -0.4 is 0 Å². The van der Waals surface area contributed by atoms with E-state index in [0.717, 1.165) is 16.4 Å². The Bertz CT molecular complexity index is 278. The molecule has 0 aliphatic carbocycles. The van der Waals surface area contributed by atoms with Crippen molar-refractivity contribution in [1.82, 2.24) is 0 Å². The molecule has 0 amide bonds. The molecule has 0 spiro atoms. The lowest BCUT2D eigenvalue weighted by atomic mass is 9.82. The van der Waals surface area contributed by atoms with Crippen LogP contribution in [0.3, 0.4) is 0 Å². The Morgan fingerprint density at radius 1 is 1.38 bits per heavy atom. The first-order chi connectivity index (χ1) is 7.61. The molecule has 0 aromatic rings. The first-order valence-electron chi connectivity index (χ1n) is 5.44. The van der Waals surface area contributed by atoms with Crippen LogP contribution in [0.1, 0.15) is 13.3 Å². The van der Waals surface area contributed by atoms with Gasteiger partial charge in [0.25, 0.3) is 0 Å². The number of hydrogen-bond acceptors (Lipinski definition) is 3. The van der Waals surface area contributed by atoms with Crippen LogP contribution in [0.15, 0.2) is 9.47 Å². The second kappa shape index (κ2) is 5.48. The second-order valence-electron chi connectivity index (χ2n) is 4.32. The SMILES string of the molecule is COC1C[C@@H]2[C@@H](CO[C@H]2C=C(Br)Br)[C@H](C)O1. The molecule has 0 N–H and O–H groups in total. The third kappa shape index (κ3) is 2.70. The van der Waals surface area contributed by atoms with Crippen molar-refractivity contribution >= 4 is 31.9 Å². The van der Waals surface area contributed by atoms with Gasteiger partial charge in [-0.05, 0) is 44.9 Å². The minimum atomic E-state index is -0.0945. The van der Waals surface area contributed by atoms with Crippen molar-refractivity contribution < 1.29 is 14.2 Å². The van der Waals surface area contributed by atoms with Gasteiger partial charge in [0, 0.05) is 25.4 Å². The number of methoxy groups -OCH3 is 1. The fourth-order valence-electron chi connectivity index (χ4n) is 2.57. The monoisotopic (exact) mass is 354 g/mol. The summed E-state index contributed by atoms with van der Waals surface area (Å²) in [5.74, 6) is 0.964. The van der Waals surface area contributed by atoms with E-state index in [2.05, 4.69) is 44.9 Å². The lowest BCUT2D eigenvalue weighted by Gasteiger charge is -2.36. The molecule has 16 heavy (non-hydrogen) atoms. The number of ether oxygens (including phenoxy) is 3. The molecule has 1 unspecified atom stereocenters. The van der Waals surface area contributed by atoms with E-state index in [0.29, 0.717) is 11.8 Å². The minimum absolute atomic E-state index is 0.0945. The highest BCUT2D eigenvalue weighted by molar-refractivity contribution is 9.28. The third-order valence-corrected chi connectivity index (χ3v) is 3.97. The van der Waals surface area contributed by atoms with Crippen LogP contribution in [0.25, 0.3) is 0 Å². The Hall–Kier alpha value is 0.580. The predicted octanol–water partition coefficient (Wildman–Crippen LogP) is 3.03. The molecule has 5 heteroatoms. The molecule has 0 aromatic heterocycles. The van der Waals surface area contributed by atoms with Gasteiger partial charge in [0.1, 0.15) is 0 Å². The molecule has 2 aliphatic rings. The largest absolute Gasteiger partial charge is 0.373 e. The van der Waals surface area contributed by atoms with Crippen molar-refractivity contribution in [3.05, 3.63) is 9.47 Å². The zero-order chi connectivity index (χ0) is 11.7. The highest BCUT2D eigenvalue weighted by Gasteiger charge is 2.45. The lowest BCUT2D eigenvalue weighted by molar-refractivity contribution is -0.202. The van der Waals surface area contributed by atoms with Gasteiger partial charge in [0.05, 0.1) is 22.2 Å². The van der Waals surface area contributed by atoms with Crippen molar-refractivity contribution in [2.45, 2.75) is 31.8 Å². The van der Waals surface area contributed by atoms with E-state index in [9.17, 15) is 0 Å². The summed E-state index contributed by atoms with van der Waals surface area (Å²) in [6.45, 7) is 2.87. The number of rotatable bonds is 2. The van der Waals surface area contributed by atoms with Crippen LogP contribution >= 0.6 is 31.9 Å². The molecule has 2 saturated heterocycles. The molecular weight excluding hydrogens is 340 g/mol. The Morgan fingerprint density at radius 2 is 2.12 bits per heavy atom. The van der Waals surface area contributed by atoms with Gasteiger partial charge < -0.3 is 14.2 Å². The number of halogens is 2. The molecule has 2 rings (SSSR count). The molecule has 0 aromatic carbocycles. The summed E-state index contributed by atoms with van der Waals surface area (Å²) in [6.07, 6.45) is 3.23. The zero-order valence-electron chi connectivity index (χ0n) is 9.36. The third-order valence-electron chi connectivity index (χ3n) is 3.44. The van der Waals surface area contributed by atoms with Gasteiger partial charge in [-0.25, -0.2) is 0 Å². The van der Waals surface area contributed by atoms with Crippen LogP contribution in [0.2, 0.25) is 0 Å². The molecule has 0 saturated carbocycles. The highest BCUT2D eigenvalue weighted by atomic mass is 79.9. The van der Waals surface area contributed by atoms with Gasteiger partial charge in [-0.15, -0.1) is 0 Å². The maximum atomic E-state index is 5.80. The molecular formula is C11H16Br2O3.